The van der Waals surface area contributed by atoms with Crippen LogP contribution < -0.4 is 11.1 Å². The van der Waals surface area contributed by atoms with Gasteiger partial charge in [0.25, 0.3) is 0 Å². The van der Waals surface area contributed by atoms with Crippen molar-refractivity contribution < 1.29 is 14.7 Å². The number of aliphatic hydroxyl groups is 1. The van der Waals surface area contributed by atoms with E-state index in [9.17, 15) is 14.7 Å². The lowest BCUT2D eigenvalue weighted by atomic mass is 9.91. The second-order valence-corrected chi connectivity index (χ2v) is 7.48. The molecule has 0 aliphatic rings. The van der Waals surface area contributed by atoms with Crippen molar-refractivity contribution in [1.29, 1.82) is 0 Å². The van der Waals surface area contributed by atoms with Crippen LogP contribution in [0.3, 0.4) is 0 Å². The summed E-state index contributed by atoms with van der Waals surface area (Å²) in [5.41, 5.74) is 6.39. The molecule has 24 heavy (non-hydrogen) atoms. The molecule has 1 aromatic carbocycles. The van der Waals surface area contributed by atoms with Crippen molar-refractivity contribution in [3.63, 3.8) is 0 Å². The Morgan fingerprint density at radius 3 is 2.38 bits per heavy atom. The number of nitrogens with two attached hydrogens (primary N) is 1. The van der Waals surface area contributed by atoms with E-state index in [-0.39, 0.29) is 17.7 Å². The molecule has 0 bridgehead atoms. The number of carbonyl (C=O) groups excluding carboxylic acids is 2. The molecule has 5 heteroatoms. The number of hydrogen-bond donors (Lipinski definition) is 3. The van der Waals surface area contributed by atoms with Gasteiger partial charge in [0.2, 0.25) is 11.8 Å². The lowest BCUT2D eigenvalue weighted by Gasteiger charge is -2.21. The third kappa shape index (κ3) is 8.11. The van der Waals surface area contributed by atoms with Gasteiger partial charge in [-0.25, -0.2) is 0 Å². The van der Waals surface area contributed by atoms with Crippen LogP contribution >= 0.6 is 0 Å². The minimum Gasteiger partial charge on any atom is -0.383 e. The van der Waals surface area contributed by atoms with Gasteiger partial charge in [0.1, 0.15) is 6.10 Å². The number of benzene rings is 1. The van der Waals surface area contributed by atoms with Gasteiger partial charge >= 0.3 is 0 Å². The Morgan fingerprint density at radius 1 is 1.21 bits per heavy atom. The molecule has 0 saturated heterocycles. The Morgan fingerprint density at radius 2 is 1.83 bits per heavy atom. The molecular weight excluding hydrogens is 304 g/mol. The topological polar surface area (TPSA) is 92.4 Å². The zero-order valence-corrected chi connectivity index (χ0v) is 14.9. The van der Waals surface area contributed by atoms with E-state index in [0.29, 0.717) is 19.4 Å². The maximum Gasteiger partial charge on any atom is 0.246 e. The van der Waals surface area contributed by atoms with Crippen molar-refractivity contribution in [2.24, 2.45) is 17.1 Å². The molecule has 1 aromatic rings. The van der Waals surface area contributed by atoms with E-state index in [1.165, 1.54) is 0 Å². The normalized spacial score (nSPS) is 14.0. The summed E-state index contributed by atoms with van der Waals surface area (Å²) < 4.78 is 0. The van der Waals surface area contributed by atoms with E-state index in [4.69, 9.17) is 5.73 Å². The van der Waals surface area contributed by atoms with Gasteiger partial charge < -0.3 is 16.2 Å². The lowest BCUT2D eigenvalue weighted by Crippen LogP contribution is -2.38. The molecule has 134 valence electrons. The second-order valence-electron chi connectivity index (χ2n) is 7.48. The first-order chi connectivity index (χ1) is 11.2. The second kappa shape index (κ2) is 9.42. The van der Waals surface area contributed by atoms with Crippen LogP contribution in [0.2, 0.25) is 0 Å². The Labute approximate surface area is 144 Å². The van der Waals surface area contributed by atoms with Crippen LogP contribution in [0.25, 0.3) is 0 Å². The highest BCUT2D eigenvalue weighted by Crippen LogP contribution is 2.19. The predicted octanol–water partition coefficient (Wildman–Crippen LogP) is 2.02. The van der Waals surface area contributed by atoms with Gasteiger partial charge in [-0.15, -0.1) is 0 Å². The van der Waals surface area contributed by atoms with Crippen molar-refractivity contribution in [1.82, 2.24) is 5.32 Å². The van der Waals surface area contributed by atoms with Gasteiger partial charge in [0.15, 0.2) is 0 Å². The summed E-state index contributed by atoms with van der Waals surface area (Å²) >= 11 is 0. The Kier molecular flexibility index (Phi) is 7.92. The Bertz CT molecular complexity index is 523. The minimum atomic E-state index is -1.29. The van der Waals surface area contributed by atoms with Crippen molar-refractivity contribution in [3.05, 3.63) is 35.9 Å². The number of aryl methyl sites for hydroxylation is 1. The molecule has 1 rings (SSSR count). The molecule has 0 fully saturated rings. The molecule has 4 N–H and O–H groups in total. The predicted molar refractivity (Wildman–Crippen MR) is 95.2 cm³/mol. The molecule has 0 radical (unpaired) electrons. The number of rotatable bonds is 9. The van der Waals surface area contributed by atoms with E-state index in [2.05, 4.69) is 26.1 Å². The molecular formula is C19H30N2O3. The third-order valence-corrected chi connectivity index (χ3v) is 4.01. The SMILES string of the molecule is CC(C)(C)CCNC(=O)[C@H](CCc1ccccc1)C[C@H](O)C(N)=O. The monoisotopic (exact) mass is 334 g/mol. The fourth-order valence-electron chi connectivity index (χ4n) is 2.43. The summed E-state index contributed by atoms with van der Waals surface area (Å²) in [6, 6.07) is 9.84. The highest BCUT2D eigenvalue weighted by atomic mass is 16.3. The van der Waals surface area contributed by atoms with Crippen LogP contribution in [-0.2, 0) is 16.0 Å². The fraction of sp³-hybridized carbons (Fsp3) is 0.579. The van der Waals surface area contributed by atoms with Crippen LogP contribution in [0.1, 0.15) is 45.6 Å². The summed E-state index contributed by atoms with van der Waals surface area (Å²) in [6.45, 7) is 6.92. The summed E-state index contributed by atoms with van der Waals surface area (Å²) in [5.74, 6) is -1.36. The number of aliphatic hydroxyl groups excluding tert-OH is 1. The first-order valence-electron chi connectivity index (χ1n) is 8.48. The number of hydrogen-bond acceptors (Lipinski definition) is 3. The highest BCUT2D eigenvalue weighted by molar-refractivity contribution is 5.82. The van der Waals surface area contributed by atoms with Crippen molar-refractivity contribution in [2.45, 2.75) is 52.6 Å². The molecule has 0 aromatic heterocycles. The van der Waals surface area contributed by atoms with Crippen molar-refractivity contribution in [3.8, 4) is 0 Å². The minimum absolute atomic E-state index is 0.0590. The van der Waals surface area contributed by atoms with E-state index in [1.807, 2.05) is 30.3 Å². The van der Waals surface area contributed by atoms with Crippen LogP contribution in [-0.4, -0.2) is 29.6 Å². The number of carbonyl (C=O) groups is 2. The van der Waals surface area contributed by atoms with Crippen molar-refractivity contribution >= 4 is 11.8 Å². The number of nitrogens with one attached hydrogen (secondary N) is 1. The standard InChI is InChI=1S/C19H30N2O3/c1-19(2,3)11-12-21-18(24)15(13-16(22)17(20)23)10-9-14-7-5-4-6-8-14/h4-8,15-16,22H,9-13H2,1-3H3,(H2,20,23)(H,21,24)/t15-,16+/m1/s1. The quantitative estimate of drug-likeness (QED) is 0.645. The van der Waals surface area contributed by atoms with E-state index in [1.54, 1.807) is 0 Å². The molecule has 2 amide bonds. The van der Waals surface area contributed by atoms with Gasteiger partial charge in [-0.05, 0) is 36.7 Å². The molecule has 0 aliphatic heterocycles. The molecule has 2 atom stereocenters. The first-order valence-corrected chi connectivity index (χ1v) is 8.48. The zero-order chi connectivity index (χ0) is 18.2. The average molecular weight is 334 g/mol. The number of primary amides is 1. The smallest absolute Gasteiger partial charge is 0.246 e. The summed E-state index contributed by atoms with van der Waals surface area (Å²) in [5, 5.41) is 12.7. The largest absolute Gasteiger partial charge is 0.383 e. The molecule has 0 saturated carbocycles. The summed E-state index contributed by atoms with van der Waals surface area (Å²) in [4.78, 5) is 23.6. The van der Waals surface area contributed by atoms with Crippen molar-refractivity contribution in [2.75, 3.05) is 6.54 Å². The molecule has 0 spiro atoms. The van der Waals surface area contributed by atoms with Gasteiger partial charge in [0.05, 0.1) is 0 Å². The van der Waals surface area contributed by atoms with Crippen LogP contribution in [0.4, 0.5) is 0 Å². The fourth-order valence-corrected chi connectivity index (χ4v) is 2.43. The van der Waals surface area contributed by atoms with Gasteiger partial charge in [0, 0.05) is 12.5 Å². The molecule has 0 unspecified atom stereocenters. The van der Waals surface area contributed by atoms with Gasteiger partial charge in [-0.1, -0.05) is 51.1 Å². The Balaban J connectivity index is 2.62. The summed E-state index contributed by atoms with van der Waals surface area (Å²) in [6.07, 6.45) is 0.907. The Hall–Kier alpha value is -1.88. The van der Waals surface area contributed by atoms with Crippen LogP contribution in [0, 0.1) is 11.3 Å². The zero-order valence-electron chi connectivity index (χ0n) is 14.9. The first kappa shape index (κ1) is 20.2. The molecule has 0 heterocycles. The van der Waals surface area contributed by atoms with Gasteiger partial charge in [-0.2, -0.15) is 0 Å². The van der Waals surface area contributed by atoms with Crippen LogP contribution in [0.15, 0.2) is 30.3 Å². The molecule has 5 nitrogen and oxygen atoms in total. The van der Waals surface area contributed by atoms with Crippen LogP contribution in [0.5, 0.6) is 0 Å². The van der Waals surface area contributed by atoms with E-state index in [0.717, 1.165) is 12.0 Å². The third-order valence-electron chi connectivity index (χ3n) is 4.01. The van der Waals surface area contributed by atoms with Gasteiger partial charge in [-0.3, -0.25) is 9.59 Å². The number of amides is 2. The maximum absolute atomic E-state index is 12.4. The maximum atomic E-state index is 12.4. The molecule has 0 aliphatic carbocycles. The lowest BCUT2D eigenvalue weighted by molar-refractivity contribution is -0.130. The summed E-state index contributed by atoms with van der Waals surface area (Å²) in [7, 11) is 0. The van der Waals surface area contributed by atoms with E-state index < -0.39 is 17.9 Å². The van der Waals surface area contributed by atoms with E-state index >= 15 is 0 Å². The highest BCUT2D eigenvalue weighted by Gasteiger charge is 2.24. The average Bonchev–Trinajstić information content (AvgIpc) is 2.50.